The van der Waals surface area contributed by atoms with E-state index in [2.05, 4.69) is 20.6 Å². The molecule has 6 nitrogen and oxygen atoms in total. The van der Waals surface area contributed by atoms with E-state index >= 15 is 0 Å². The second kappa shape index (κ2) is 9.54. The molecule has 0 fully saturated rings. The van der Waals surface area contributed by atoms with Crippen LogP contribution in [0.15, 0.2) is 91.0 Å². The minimum absolute atomic E-state index is 0.112. The van der Waals surface area contributed by atoms with Crippen LogP contribution >= 0.6 is 0 Å². The molecule has 4 rings (SSSR count). The second-order valence-electron chi connectivity index (χ2n) is 6.82. The van der Waals surface area contributed by atoms with Gasteiger partial charge in [-0.05, 0) is 42.5 Å². The number of carbonyl (C=O) groups is 1. The summed E-state index contributed by atoms with van der Waals surface area (Å²) in [5, 5.41) is 5.90. The van der Waals surface area contributed by atoms with E-state index < -0.39 is 0 Å². The molecule has 1 heterocycles. The zero-order chi connectivity index (χ0) is 21.5. The molecule has 3 aromatic carbocycles. The molecular weight excluding hydrogens is 388 g/mol. The Bertz CT molecular complexity index is 1150. The summed E-state index contributed by atoms with van der Waals surface area (Å²) >= 11 is 0. The molecule has 0 aliphatic rings. The first-order chi connectivity index (χ1) is 15.2. The largest absolute Gasteiger partial charge is 0.497 e. The van der Waals surface area contributed by atoms with E-state index in [4.69, 9.17) is 4.74 Å². The third-order valence-corrected chi connectivity index (χ3v) is 4.66. The summed E-state index contributed by atoms with van der Waals surface area (Å²) < 4.78 is 5.24. The first-order valence-electron chi connectivity index (χ1n) is 9.89. The first-order valence-corrected chi connectivity index (χ1v) is 9.89. The summed E-state index contributed by atoms with van der Waals surface area (Å²) in [7, 11) is 1.63. The number of anilines is 2. The normalized spacial score (nSPS) is 10.4. The van der Waals surface area contributed by atoms with Gasteiger partial charge < -0.3 is 10.1 Å². The molecule has 2 N–H and O–H groups in total. The lowest BCUT2D eigenvalue weighted by atomic mass is 10.1. The molecule has 31 heavy (non-hydrogen) atoms. The van der Waals surface area contributed by atoms with Gasteiger partial charge in [0.2, 0.25) is 11.9 Å². The van der Waals surface area contributed by atoms with Gasteiger partial charge in [0.1, 0.15) is 5.75 Å². The van der Waals surface area contributed by atoms with E-state index in [0.717, 1.165) is 28.3 Å². The molecule has 0 atom stereocenters. The van der Waals surface area contributed by atoms with Crippen LogP contribution in [-0.2, 0) is 4.79 Å². The maximum atomic E-state index is 12.5. The zero-order valence-electron chi connectivity index (χ0n) is 17.1. The Kier molecular flexibility index (Phi) is 6.18. The average molecular weight is 410 g/mol. The summed E-state index contributed by atoms with van der Waals surface area (Å²) in [6.07, 6.45) is 0. The lowest BCUT2D eigenvalue weighted by Gasteiger charge is -2.11. The van der Waals surface area contributed by atoms with Crippen molar-refractivity contribution < 1.29 is 9.53 Å². The van der Waals surface area contributed by atoms with Crippen LogP contribution < -0.4 is 15.4 Å². The van der Waals surface area contributed by atoms with Crippen LogP contribution in [0, 0.1) is 0 Å². The maximum absolute atomic E-state index is 12.5. The molecule has 4 aromatic rings. The summed E-state index contributed by atoms with van der Waals surface area (Å²) in [4.78, 5) is 21.6. The van der Waals surface area contributed by atoms with Crippen molar-refractivity contribution in [3.8, 4) is 28.3 Å². The molecular formula is C25H22N4O2. The lowest BCUT2D eigenvalue weighted by molar-refractivity contribution is -0.114. The summed E-state index contributed by atoms with van der Waals surface area (Å²) in [5.74, 6) is 0.795. The Balaban J connectivity index is 1.60. The van der Waals surface area contributed by atoms with Crippen molar-refractivity contribution in [1.82, 2.24) is 9.97 Å². The van der Waals surface area contributed by atoms with Gasteiger partial charge in [-0.1, -0.05) is 48.5 Å². The minimum atomic E-state index is -0.227. The van der Waals surface area contributed by atoms with Gasteiger partial charge >= 0.3 is 0 Å². The molecule has 1 amide bonds. The van der Waals surface area contributed by atoms with E-state index in [9.17, 15) is 4.79 Å². The summed E-state index contributed by atoms with van der Waals surface area (Å²) in [6, 6.07) is 28.9. The van der Waals surface area contributed by atoms with Crippen LogP contribution in [0.25, 0.3) is 22.5 Å². The number of amides is 1. The van der Waals surface area contributed by atoms with Crippen molar-refractivity contribution in [3.63, 3.8) is 0 Å². The molecule has 6 heteroatoms. The van der Waals surface area contributed by atoms with E-state index in [1.807, 2.05) is 91.0 Å². The Hall–Kier alpha value is -4.19. The number of nitrogens with one attached hydrogen (secondary N) is 2. The molecule has 1 aromatic heterocycles. The molecule has 0 saturated carbocycles. The van der Waals surface area contributed by atoms with Crippen LogP contribution in [0.3, 0.4) is 0 Å². The maximum Gasteiger partial charge on any atom is 0.246 e. The van der Waals surface area contributed by atoms with Crippen molar-refractivity contribution in [3.05, 3.63) is 91.0 Å². The number of aromatic nitrogens is 2. The molecule has 154 valence electrons. The number of nitrogens with zero attached hydrogens (tertiary/aromatic N) is 2. The number of para-hydroxylation sites is 1. The highest BCUT2D eigenvalue weighted by Gasteiger charge is 2.11. The van der Waals surface area contributed by atoms with Gasteiger partial charge in [0.15, 0.2) is 0 Å². The fourth-order valence-electron chi connectivity index (χ4n) is 3.08. The van der Waals surface area contributed by atoms with Crippen LogP contribution in [-0.4, -0.2) is 29.5 Å². The van der Waals surface area contributed by atoms with Gasteiger partial charge in [-0.25, -0.2) is 9.97 Å². The Morgan fingerprint density at radius 1 is 0.806 bits per heavy atom. The van der Waals surface area contributed by atoms with Gasteiger partial charge in [-0.3, -0.25) is 10.1 Å². The van der Waals surface area contributed by atoms with Crippen molar-refractivity contribution in [2.45, 2.75) is 0 Å². The quantitative estimate of drug-likeness (QED) is 0.455. The molecule has 0 radical (unpaired) electrons. The first kappa shape index (κ1) is 20.1. The SMILES string of the molecule is COc1ccc(-c2cc(-c3ccccc3)nc(NC(=O)CNc3ccccc3)n2)cc1. The standard InChI is InChI=1S/C25H22N4O2/c1-31-21-14-12-19(13-15-21)23-16-22(18-8-4-2-5-9-18)27-25(28-23)29-24(30)17-26-20-10-6-3-7-11-20/h2-16,26H,17H2,1H3,(H,27,28,29,30). The lowest BCUT2D eigenvalue weighted by Crippen LogP contribution is -2.23. The van der Waals surface area contributed by atoms with Crippen LogP contribution in [0.4, 0.5) is 11.6 Å². The van der Waals surface area contributed by atoms with Crippen LogP contribution in [0.1, 0.15) is 0 Å². The van der Waals surface area contributed by atoms with Crippen molar-refractivity contribution in [2.75, 3.05) is 24.3 Å². The molecule has 0 unspecified atom stereocenters. The number of ether oxygens (including phenoxy) is 1. The predicted octanol–water partition coefficient (Wildman–Crippen LogP) is 4.87. The second-order valence-corrected chi connectivity index (χ2v) is 6.82. The summed E-state index contributed by atoms with van der Waals surface area (Å²) in [5.41, 5.74) is 4.15. The minimum Gasteiger partial charge on any atom is -0.497 e. The van der Waals surface area contributed by atoms with Crippen molar-refractivity contribution in [2.24, 2.45) is 0 Å². The van der Waals surface area contributed by atoms with Crippen LogP contribution in [0.5, 0.6) is 5.75 Å². The van der Waals surface area contributed by atoms with Gasteiger partial charge in [0.05, 0.1) is 25.0 Å². The monoisotopic (exact) mass is 410 g/mol. The van der Waals surface area contributed by atoms with Gasteiger partial charge in [-0.2, -0.15) is 0 Å². The predicted molar refractivity (Wildman–Crippen MR) is 123 cm³/mol. The van der Waals surface area contributed by atoms with Crippen LogP contribution in [0.2, 0.25) is 0 Å². The topological polar surface area (TPSA) is 76.1 Å². The van der Waals surface area contributed by atoms with E-state index in [1.165, 1.54) is 0 Å². The summed E-state index contributed by atoms with van der Waals surface area (Å²) in [6.45, 7) is 0.112. The number of benzene rings is 3. The smallest absolute Gasteiger partial charge is 0.246 e. The zero-order valence-corrected chi connectivity index (χ0v) is 17.1. The number of carbonyl (C=O) groups excluding carboxylic acids is 1. The van der Waals surface area contributed by atoms with E-state index in [1.54, 1.807) is 7.11 Å². The number of hydrogen-bond donors (Lipinski definition) is 2. The van der Waals surface area contributed by atoms with Gasteiger partial charge in [0, 0.05) is 16.8 Å². The van der Waals surface area contributed by atoms with E-state index in [0.29, 0.717) is 5.69 Å². The highest BCUT2D eigenvalue weighted by Crippen LogP contribution is 2.26. The Morgan fingerprint density at radius 2 is 1.39 bits per heavy atom. The number of hydrogen-bond acceptors (Lipinski definition) is 5. The third kappa shape index (κ3) is 5.25. The molecule has 0 saturated heterocycles. The average Bonchev–Trinajstić information content (AvgIpc) is 2.84. The molecule has 0 aliphatic heterocycles. The fourth-order valence-corrected chi connectivity index (χ4v) is 3.08. The third-order valence-electron chi connectivity index (χ3n) is 4.66. The Labute approximate surface area is 181 Å². The number of rotatable bonds is 7. The van der Waals surface area contributed by atoms with Gasteiger partial charge in [-0.15, -0.1) is 0 Å². The fraction of sp³-hybridized carbons (Fsp3) is 0.0800. The van der Waals surface area contributed by atoms with Crippen molar-refractivity contribution >= 4 is 17.5 Å². The molecule has 0 aliphatic carbocycles. The highest BCUT2D eigenvalue weighted by molar-refractivity contribution is 5.92. The Morgan fingerprint density at radius 3 is 2.00 bits per heavy atom. The molecule has 0 bridgehead atoms. The van der Waals surface area contributed by atoms with E-state index in [-0.39, 0.29) is 18.4 Å². The number of methoxy groups -OCH3 is 1. The van der Waals surface area contributed by atoms with Crippen molar-refractivity contribution in [1.29, 1.82) is 0 Å². The highest BCUT2D eigenvalue weighted by atomic mass is 16.5. The molecule has 0 spiro atoms. The van der Waals surface area contributed by atoms with Gasteiger partial charge in [0.25, 0.3) is 0 Å².